The van der Waals surface area contributed by atoms with Crippen LogP contribution in [0, 0.1) is 13.8 Å². The second kappa shape index (κ2) is 5.28. The van der Waals surface area contributed by atoms with Crippen LogP contribution in [0.15, 0.2) is 29.2 Å². The highest BCUT2D eigenvalue weighted by atomic mass is 32.2. The van der Waals surface area contributed by atoms with E-state index in [1.54, 1.807) is 12.1 Å². The third kappa shape index (κ3) is 2.85. The van der Waals surface area contributed by atoms with Crippen LogP contribution in [-0.2, 0) is 10.0 Å². The molecule has 1 aromatic heterocycles. The molecule has 1 heterocycles. The molecule has 0 aliphatic carbocycles. The Kier molecular flexibility index (Phi) is 3.85. The van der Waals surface area contributed by atoms with Gasteiger partial charge < -0.3 is 0 Å². The van der Waals surface area contributed by atoms with E-state index in [0.717, 1.165) is 16.8 Å². The molecular weight excluding hydrogens is 274 g/mol. The minimum atomic E-state index is -3.60. The normalized spacial score (nSPS) is 11.8. The third-order valence-electron chi connectivity index (χ3n) is 3.34. The molecular formula is C14H19N3O2S. The zero-order valence-electron chi connectivity index (χ0n) is 12.1. The van der Waals surface area contributed by atoms with E-state index in [-0.39, 0.29) is 4.90 Å². The Morgan fingerprint density at radius 2 is 1.75 bits per heavy atom. The quantitative estimate of drug-likeness (QED) is 0.910. The van der Waals surface area contributed by atoms with Crippen molar-refractivity contribution in [3.8, 4) is 0 Å². The summed E-state index contributed by atoms with van der Waals surface area (Å²) >= 11 is 0. The Morgan fingerprint density at radius 1 is 1.15 bits per heavy atom. The SMILES string of the molecule is Cc1[nH]nc(NS(=O)(=O)c2ccc(C(C)C)cc2)c1C. The molecule has 2 aromatic rings. The first-order valence-electron chi connectivity index (χ1n) is 6.45. The first kappa shape index (κ1) is 14.6. The van der Waals surface area contributed by atoms with Gasteiger partial charge in [0.1, 0.15) is 0 Å². The van der Waals surface area contributed by atoms with E-state index in [2.05, 4.69) is 28.8 Å². The summed E-state index contributed by atoms with van der Waals surface area (Å²) in [5.74, 6) is 0.714. The van der Waals surface area contributed by atoms with Gasteiger partial charge >= 0.3 is 0 Å². The minimum absolute atomic E-state index is 0.238. The molecule has 0 radical (unpaired) electrons. The summed E-state index contributed by atoms with van der Waals surface area (Å²) in [7, 11) is -3.60. The number of hydrogen-bond donors (Lipinski definition) is 2. The summed E-state index contributed by atoms with van der Waals surface area (Å²) in [6, 6.07) is 6.91. The molecule has 0 aliphatic heterocycles. The number of benzene rings is 1. The molecule has 2 N–H and O–H groups in total. The zero-order valence-corrected chi connectivity index (χ0v) is 12.9. The number of aryl methyl sites for hydroxylation is 1. The van der Waals surface area contributed by atoms with Gasteiger partial charge in [0.15, 0.2) is 5.82 Å². The predicted molar refractivity (Wildman–Crippen MR) is 79.4 cm³/mol. The molecule has 0 fully saturated rings. The summed E-state index contributed by atoms with van der Waals surface area (Å²) in [6.07, 6.45) is 0. The van der Waals surface area contributed by atoms with E-state index in [4.69, 9.17) is 0 Å². The molecule has 0 bridgehead atoms. The molecule has 0 amide bonds. The lowest BCUT2D eigenvalue weighted by molar-refractivity contribution is 0.601. The minimum Gasteiger partial charge on any atom is -0.280 e. The van der Waals surface area contributed by atoms with Crippen molar-refractivity contribution in [2.75, 3.05) is 4.72 Å². The fourth-order valence-electron chi connectivity index (χ4n) is 1.80. The molecule has 2 rings (SSSR count). The number of nitrogens with zero attached hydrogens (tertiary/aromatic N) is 1. The molecule has 0 atom stereocenters. The van der Waals surface area contributed by atoms with E-state index in [1.165, 1.54) is 0 Å². The third-order valence-corrected chi connectivity index (χ3v) is 4.70. The molecule has 1 aromatic carbocycles. The van der Waals surface area contributed by atoms with Crippen LogP contribution in [0.25, 0.3) is 0 Å². The van der Waals surface area contributed by atoms with Crippen LogP contribution < -0.4 is 4.72 Å². The maximum atomic E-state index is 12.3. The van der Waals surface area contributed by atoms with Crippen molar-refractivity contribution >= 4 is 15.8 Å². The van der Waals surface area contributed by atoms with Gasteiger partial charge in [-0.3, -0.25) is 9.82 Å². The number of anilines is 1. The molecule has 20 heavy (non-hydrogen) atoms. The molecule has 0 aliphatic rings. The van der Waals surface area contributed by atoms with Crippen LogP contribution >= 0.6 is 0 Å². The van der Waals surface area contributed by atoms with Crippen molar-refractivity contribution < 1.29 is 8.42 Å². The number of hydrogen-bond acceptors (Lipinski definition) is 3. The van der Waals surface area contributed by atoms with Crippen LogP contribution in [0.1, 0.15) is 36.6 Å². The van der Waals surface area contributed by atoms with Crippen LogP contribution in [-0.4, -0.2) is 18.6 Å². The average molecular weight is 293 g/mol. The number of sulfonamides is 1. The second-order valence-electron chi connectivity index (χ2n) is 5.15. The molecule has 5 nitrogen and oxygen atoms in total. The topological polar surface area (TPSA) is 74.8 Å². The molecule has 0 saturated carbocycles. The van der Waals surface area contributed by atoms with E-state index >= 15 is 0 Å². The van der Waals surface area contributed by atoms with Crippen molar-refractivity contribution in [3.05, 3.63) is 41.1 Å². The van der Waals surface area contributed by atoms with Crippen molar-refractivity contribution in [1.82, 2.24) is 10.2 Å². The lowest BCUT2D eigenvalue weighted by Crippen LogP contribution is -2.14. The van der Waals surface area contributed by atoms with Gasteiger partial charge in [-0.15, -0.1) is 0 Å². The highest BCUT2D eigenvalue weighted by Crippen LogP contribution is 2.21. The molecule has 0 unspecified atom stereocenters. The standard InChI is InChI=1S/C14H19N3O2S/c1-9(2)12-5-7-13(8-6-12)20(18,19)17-14-10(3)11(4)15-16-14/h5-9H,1-4H3,(H2,15,16,17). The summed E-state index contributed by atoms with van der Waals surface area (Å²) in [6.45, 7) is 7.80. The van der Waals surface area contributed by atoms with E-state index in [0.29, 0.717) is 11.7 Å². The first-order valence-corrected chi connectivity index (χ1v) is 7.94. The largest absolute Gasteiger partial charge is 0.280 e. The maximum absolute atomic E-state index is 12.3. The van der Waals surface area contributed by atoms with Crippen molar-refractivity contribution in [1.29, 1.82) is 0 Å². The van der Waals surface area contributed by atoms with Crippen LogP contribution in [0.2, 0.25) is 0 Å². The smallest absolute Gasteiger partial charge is 0.263 e. The molecule has 108 valence electrons. The van der Waals surface area contributed by atoms with E-state index in [9.17, 15) is 8.42 Å². The molecule has 0 spiro atoms. The lowest BCUT2D eigenvalue weighted by Gasteiger charge is -2.09. The molecule has 0 saturated heterocycles. The van der Waals surface area contributed by atoms with Gasteiger partial charge in [0, 0.05) is 11.3 Å². The van der Waals surface area contributed by atoms with Crippen molar-refractivity contribution in [3.63, 3.8) is 0 Å². The summed E-state index contributed by atoms with van der Waals surface area (Å²) in [5.41, 5.74) is 2.75. The highest BCUT2D eigenvalue weighted by molar-refractivity contribution is 7.92. The van der Waals surface area contributed by atoms with Crippen LogP contribution in [0.4, 0.5) is 5.82 Å². The number of rotatable bonds is 4. The highest BCUT2D eigenvalue weighted by Gasteiger charge is 2.17. The Bertz CT molecular complexity index is 701. The maximum Gasteiger partial charge on any atom is 0.263 e. The van der Waals surface area contributed by atoms with Gasteiger partial charge in [0.25, 0.3) is 10.0 Å². The summed E-state index contributed by atoms with van der Waals surface area (Å²) < 4.78 is 27.1. The number of nitrogens with one attached hydrogen (secondary N) is 2. The predicted octanol–water partition coefficient (Wildman–Crippen LogP) is 2.95. The number of aromatic nitrogens is 2. The fourth-order valence-corrected chi connectivity index (χ4v) is 2.87. The Morgan fingerprint density at radius 3 is 2.20 bits per heavy atom. The second-order valence-corrected chi connectivity index (χ2v) is 6.83. The summed E-state index contributed by atoms with van der Waals surface area (Å²) in [4.78, 5) is 0.238. The van der Waals surface area contributed by atoms with E-state index in [1.807, 2.05) is 26.0 Å². The van der Waals surface area contributed by atoms with Gasteiger partial charge in [0.2, 0.25) is 0 Å². The van der Waals surface area contributed by atoms with Crippen molar-refractivity contribution in [2.45, 2.75) is 38.5 Å². The average Bonchev–Trinajstić information content (AvgIpc) is 2.70. The van der Waals surface area contributed by atoms with Gasteiger partial charge in [-0.2, -0.15) is 5.10 Å². The zero-order chi connectivity index (χ0) is 14.9. The number of H-pyrrole nitrogens is 1. The fraction of sp³-hybridized carbons (Fsp3) is 0.357. The monoisotopic (exact) mass is 293 g/mol. The summed E-state index contributed by atoms with van der Waals surface area (Å²) in [5, 5.41) is 6.71. The Balaban J connectivity index is 2.28. The van der Waals surface area contributed by atoms with Gasteiger partial charge in [-0.05, 0) is 37.5 Å². The lowest BCUT2D eigenvalue weighted by atomic mass is 10.0. The van der Waals surface area contributed by atoms with Gasteiger partial charge in [-0.1, -0.05) is 26.0 Å². The van der Waals surface area contributed by atoms with Gasteiger partial charge in [-0.25, -0.2) is 8.42 Å². The van der Waals surface area contributed by atoms with Crippen molar-refractivity contribution in [2.24, 2.45) is 0 Å². The Labute approximate surface area is 119 Å². The van der Waals surface area contributed by atoms with Gasteiger partial charge in [0.05, 0.1) is 4.90 Å². The van der Waals surface area contributed by atoms with Crippen LogP contribution in [0.3, 0.4) is 0 Å². The molecule has 6 heteroatoms. The first-order chi connectivity index (χ1) is 9.31. The van der Waals surface area contributed by atoms with Crippen LogP contribution in [0.5, 0.6) is 0 Å². The van der Waals surface area contributed by atoms with E-state index < -0.39 is 10.0 Å². The Hall–Kier alpha value is -1.82. The number of aromatic amines is 1.